The number of aliphatic hydroxyl groups excluding tert-OH is 1. The fraction of sp³-hybridized carbons (Fsp3) is 0.500. The number of β-amino-alcohol motifs (C(OH)–C–C–N with tert-alkyl or cyclic N) is 1. The van der Waals surface area contributed by atoms with Crippen LogP contribution in [0.5, 0.6) is 5.75 Å². The smallest absolute Gasteiger partial charge is 0.150 e. The summed E-state index contributed by atoms with van der Waals surface area (Å²) < 4.78 is 10.9. The van der Waals surface area contributed by atoms with Crippen LogP contribution in [0.25, 0.3) is 0 Å². The van der Waals surface area contributed by atoms with Crippen molar-refractivity contribution in [3.05, 3.63) is 47.9 Å². The Morgan fingerprint density at radius 1 is 1.17 bits per heavy atom. The minimum Gasteiger partial charge on any atom is -0.491 e. The highest BCUT2D eigenvalue weighted by Gasteiger charge is 2.20. The molecule has 0 aliphatic carbocycles. The van der Waals surface area contributed by atoms with Crippen molar-refractivity contribution in [1.82, 2.24) is 15.0 Å². The molecule has 0 spiro atoms. The Balaban J connectivity index is 1.35. The van der Waals surface area contributed by atoms with Crippen LogP contribution in [-0.4, -0.2) is 65.5 Å². The van der Waals surface area contributed by atoms with Crippen molar-refractivity contribution in [1.29, 1.82) is 0 Å². The lowest BCUT2D eigenvalue weighted by Gasteiger charge is -2.35. The Bertz CT molecular complexity index is 609. The second-order valence-electron chi connectivity index (χ2n) is 6.29. The molecule has 6 heteroatoms. The van der Waals surface area contributed by atoms with E-state index < -0.39 is 6.10 Å². The first-order chi connectivity index (χ1) is 11.7. The molecule has 2 heterocycles. The number of aryl methyl sites for hydroxylation is 1. The van der Waals surface area contributed by atoms with Crippen LogP contribution < -0.4 is 4.74 Å². The summed E-state index contributed by atoms with van der Waals surface area (Å²) in [6.45, 7) is 7.50. The molecule has 0 amide bonds. The number of rotatable bonds is 7. The van der Waals surface area contributed by atoms with E-state index in [1.165, 1.54) is 0 Å². The van der Waals surface area contributed by atoms with Crippen LogP contribution in [0.4, 0.5) is 0 Å². The second-order valence-corrected chi connectivity index (χ2v) is 6.29. The standard InChI is InChI=1S/C18H25N3O3/c1-15-11-18(24-19-15)13-21-9-7-20(8-10-21)12-16(22)14-23-17-5-3-2-4-6-17/h2-6,11,16,22H,7-10,12-14H2,1H3/t16-/m0/s1. The Labute approximate surface area is 142 Å². The lowest BCUT2D eigenvalue weighted by molar-refractivity contribution is 0.0430. The molecule has 2 aromatic rings. The number of aliphatic hydroxyl groups is 1. The third kappa shape index (κ3) is 5.06. The molecule has 1 aromatic carbocycles. The summed E-state index contributed by atoms with van der Waals surface area (Å²) in [7, 11) is 0. The van der Waals surface area contributed by atoms with E-state index in [1.807, 2.05) is 43.3 Å². The number of benzene rings is 1. The van der Waals surface area contributed by atoms with Gasteiger partial charge in [0.05, 0.1) is 12.2 Å². The van der Waals surface area contributed by atoms with Crippen LogP contribution in [-0.2, 0) is 6.54 Å². The van der Waals surface area contributed by atoms with Crippen LogP contribution in [0.15, 0.2) is 40.9 Å². The summed E-state index contributed by atoms with van der Waals surface area (Å²) >= 11 is 0. The van der Waals surface area contributed by atoms with Crippen molar-refractivity contribution < 1.29 is 14.4 Å². The van der Waals surface area contributed by atoms with Crippen LogP contribution in [0, 0.1) is 6.92 Å². The Morgan fingerprint density at radius 2 is 1.88 bits per heavy atom. The van der Waals surface area contributed by atoms with Gasteiger partial charge in [0.1, 0.15) is 18.5 Å². The predicted molar refractivity (Wildman–Crippen MR) is 90.9 cm³/mol. The molecule has 6 nitrogen and oxygen atoms in total. The maximum absolute atomic E-state index is 10.2. The molecule has 1 aliphatic heterocycles. The molecule has 0 unspecified atom stereocenters. The third-order valence-electron chi connectivity index (χ3n) is 4.18. The number of aromatic nitrogens is 1. The van der Waals surface area contributed by atoms with Gasteiger partial charge in [0.2, 0.25) is 0 Å². The van der Waals surface area contributed by atoms with Gasteiger partial charge in [-0.3, -0.25) is 9.80 Å². The predicted octanol–water partition coefficient (Wildman–Crippen LogP) is 1.54. The van der Waals surface area contributed by atoms with E-state index in [-0.39, 0.29) is 0 Å². The van der Waals surface area contributed by atoms with Crippen molar-refractivity contribution in [3.63, 3.8) is 0 Å². The topological polar surface area (TPSA) is 62.0 Å². The molecule has 1 fully saturated rings. The number of piperazine rings is 1. The summed E-state index contributed by atoms with van der Waals surface area (Å²) in [4.78, 5) is 4.63. The minimum absolute atomic E-state index is 0.321. The quantitative estimate of drug-likeness (QED) is 0.830. The van der Waals surface area contributed by atoms with Gasteiger partial charge in [-0.2, -0.15) is 0 Å². The number of para-hydroxylation sites is 1. The molecule has 130 valence electrons. The normalized spacial score (nSPS) is 17.8. The van der Waals surface area contributed by atoms with Crippen molar-refractivity contribution in [2.75, 3.05) is 39.3 Å². The highest BCUT2D eigenvalue weighted by atomic mass is 16.5. The molecule has 1 saturated heterocycles. The third-order valence-corrected chi connectivity index (χ3v) is 4.18. The van der Waals surface area contributed by atoms with E-state index in [9.17, 15) is 5.11 Å². The number of nitrogens with zero attached hydrogens (tertiary/aromatic N) is 3. The first kappa shape index (κ1) is 17.0. The molecule has 1 aromatic heterocycles. The molecular formula is C18H25N3O3. The van der Waals surface area contributed by atoms with Gasteiger partial charge in [0.15, 0.2) is 5.76 Å². The molecular weight excluding hydrogens is 306 g/mol. The summed E-state index contributed by atoms with van der Waals surface area (Å²) in [5, 5.41) is 14.1. The number of hydrogen-bond donors (Lipinski definition) is 1. The van der Waals surface area contributed by atoms with Crippen molar-refractivity contribution in [2.45, 2.75) is 19.6 Å². The molecule has 3 rings (SSSR count). The van der Waals surface area contributed by atoms with Gasteiger partial charge < -0.3 is 14.4 Å². The fourth-order valence-corrected chi connectivity index (χ4v) is 2.90. The molecule has 0 radical (unpaired) electrons. The summed E-state index contributed by atoms with van der Waals surface area (Å²) in [6.07, 6.45) is -0.478. The monoisotopic (exact) mass is 331 g/mol. The average Bonchev–Trinajstić information content (AvgIpc) is 3.01. The highest BCUT2D eigenvalue weighted by Crippen LogP contribution is 2.11. The zero-order valence-corrected chi connectivity index (χ0v) is 14.1. The zero-order valence-electron chi connectivity index (χ0n) is 14.1. The van der Waals surface area contributed by atoms with E-state index in [1.54, 1.807) is 0 Å². The SMILES string of the molecule is Cc1cc(CN2CCN(C[C@H](O)COc3ccccc3)CC2)on1. The summed E-state index contributed by atoms with van der Waals surface area (Å²) in [5.41, 5.74) is 0.921. The molecule has 1 aliphatic rings. The van der Waals surface area contributed by atoms with Crippen molar-refractivity contribution in [3.8, 4) is 5.75 Å². The summed E-state index contributed by atoms with van der Waals surface area (Å²) in [6, 6.07) is 11.6. The molecule has 1 atom stereocenters. The van der Waals surface area contributed by atoms with Crippen LogP contribution in [0.2, 0.25) is 0 Å². The highest BCUT2D eigenvalue weighted by molar-refractivity contribution is 5.20. The van der Waals surface area contributed by atoms with E-state index >= 15 is 0 Å². The lowest BCUT2D eigenvalue weighted by Crippen LogP contribution is -2.48. The average molecular weight is 331 g/mol. The Hall–Kier alpha value is -1.89. The Morgan fingerprint density at radius 3 is 2.54 bits per heavy atom. The molecule has 0 bridgehead atoms. The van der Waals surface area contributed by atoms with Crippen LogP contribution in [0.3, 0.4) is 0 Å². The Kier molecular flexibility index (Phi) is 5.85. The largest absolute Gasteiger partial charge is 0.491 e. The van der Waals surface area contributed by atoms with E-state index in [0.29, 0.717) is 13.2 Å². The van der Waals surface area contributed by atoms with Crippen LogP contribution >= 0.6 is 0 Å². The number of hydrogen-bond acceptors (Lipinski definition) is 6. The van der Waals surface area contributed by atoms with Gasteiger partial charge in [0.25, 0.3) is 0 Å². The van der Waals surface area contributed by atoms with Gasteiger partial charge in [-0.25, -0.2) is 0 Å². The maximum atomic E-state index is 10.2. The minimum atomic E-state index is -0.478. The van der Waals surface area contributed by atoms with E-state index in [0.717, 1.165) is 49.9 Å². The lowest BCUT2D eigenvalue weighted by atomic mass is 10.2. The first-order valence-electron chi connectivity index (χ1n) is 8.42. The first-order valence-corrected chi connectivity index (χ1v) is 8.42. The maximum Gasteiger partial charge on any atom is 0.150 e. The second kappa shape index (κ2) is 8.28. The van der Waals surface area contributed by atoms with Gasteiger partial charge >= 0.3 is 0 Å². The number of ether oxygens (including phenoxy) is 1. The van der Waals surface area contributed by atoms with Gasteiger partial charge in [0, 0.05) is 38.8 Å². The van der Waals surface area contributed by atoms with Gasteiger partial charge in [-0.15, -0.1) is 0 Å². The summed E-state index contributed by atoms with van der Waals surface area (Å²) in [5.74, 6) is 1.71. The van der Waals surface area contributed by atoms with Crippen molar-refractivity contribution >= 4 is 0 Å². The zero-order chi connectivity index (χ0) is 16.8. The van der Waals surface area contributed by atoms with Crippen LogP contribution in [0.1, 0.15) is 11.5 Å². The fourth-order valence-electron chi connectivity index (χ4n) is 2.90. The van der Waals surface area contributed by atoms with E-state index in [4.69, 9.17) is 9.26 Å². The molecule has 1 N–H and O–H groups in total. The van der Waals surface area contributed by atoms with Gasteiger partial charge in [-0.05, 0) is 19.1 Å². The van der Waals surface area contributed by atoms with Crippen molar-refractivity contribution in [2.24, 2.45) is 0 Å². The molecule has 24 heavy (non-hydrogen) atoms. The molecule has 0 saturated carbocycles. The van der Waals surface area contributed by atoms with E-state index in [2.05, 4.69) is 15.0 Å². The van der Waals surface area contributed by atoms with Gasteiger partial charge in [-0.1, -0.05) is 23.4 Å².